The van der Waals surface area contributed by atoms with Crippen LogP contribution in [0, 0.1) is 0 Å². The van der Waals surface area contributed by atoms with E-state index >= 15 is 0 Å². The van der Waals surface area contributed by atoms with Gasteiger partial charge in [0, 0.05) is 18.5 Å². The summed E-state index contributed by atoms with van der Waals surface area (Å²) in [6, 6.07) is 11.2. The zero-order chi connectivity index (χ0) is 20.6. The van der Waals surface area contributed by atoms with Gasteiger partial charge in [-0.05, 0) is 48.0 Å². The molecule has 0 atom stereocenters. The molecular formula is C19H18F3N3O3. The number of alkyl halides is 3. The van der Waals surface area contributed by atoms with E-state index in [9.17, 15) is 22.8 Å². The topological polar surface area (TPSA) is 79.8 Å². The normalized spacial score (nSPS) is 11.3. The number of hydrogen-bond donors (Lipinski definition) is 2. The maximum Gasteiger partial charge on any atom is 0.416 e. The number of halogens is 3. The lowest BCUT2D eigenvalue weighted by Crippen LogP contribution is -2.20. The van der Waals surface area contributed by atoms with Gasteiger partial charge in [-0.3, -0.25) is 9.59 Å². The highest BCUT2D eigenvalue weighted by Crippen LogP contribution is 2.30. The third-order valence-corrected chi connectivity index (χ3v) is 3.57. The van der Waals surface area contributed by atoms with Crippen molar-refractivity contribution in [3.8, 4) is 5.75 Å². The van der Waals surface area contributed by atoms with Crippen LogP contribution in [0.25, 0.3) is 0 Å². The number of ether oxygens (including phenoxy) is 1. The van der Waals surface area contributed by atoms with E-state index in [0.29, 0.717) is 5.75 Å². The third kappa shape index (κ3) is 6.75. The third-order valence-electron chi connectivity index (χ3n) is 3.57. The van der Waals surface area contributed by atoms with Gasteiger partial charge in [0.2, 0.25) is 11.8 Å². The van der Waals surface area contributed by atoms with Gasteiger partial charge in [-0.2, -0.15) is 18.3 Å². The summed E-state index contributed by atoms with van der Waals surface area (Å²) in [4.78, 5) is 23.5. The number of benzene rings is 2. The van der Waals surface area contributed by atoms with Crippen LogP contribution in [0.1, 0.15) is 24.0 Å². The van der Waals surface area contributed by atoms with Crippen molar-refractivity contribution in [1.29, 1.82) is 0 Å². The van der Waals surface area contributed by atoms with Crippen LogP contribution in [0.3, 0.4) is 0 Å². The Morgan fingerprint density at radius 2 is 1.75 bits per heavy atom. The number of nitrogens with zero attached hydrogens (tertiary/aromatic N) is 1. The lowest BCUT2D eigenvalue weighted by atomic mass is 10.2. The van der Waals surface area contributed by atoms with Gasteiger partial charge >= 0.3 is 6.18 Å². The number of nitrogens with one attached hydrogen (secondary N) is 2. The summed E-state index contributed by atoms with van der Waals surface area (Å²) in [6.07, 6.45) is -3.42. The van der Waals surface area contributed by atoms with Crippen LogP contribution >= 0.6 is 0 Å². The number of anilines is 1. The van der Waals surface area contributed by atoms with Crippen LogP contribution in [0.2, 0.25) is 0 Å². The molecule has 2 aromatic rings. The molecular weight excluding hydrogens is 375 g/mol. The fourth-order valence-electron chi connectivity index (χ4n) is 2.15. The van der Waals surface area contributed by atoms with Gasteiger partial charge in [-0.25, -0.2) is 5.43 Å². The first-order chi connectivity index (χ1) is 13.3. The molecule has 0 heterocycles. The molecule has 2 aromatic carbocycles. The van der Waals surface area contributed by atoms with Crippen LogP contribution in [0.15, 0.2) is 53.6 Å². The fraction of sp³-hybridized carbons (Fsp3) is 0.211. The molecule has 0 fully saturated rings. The number of carbonyl (C=O) groups is 2. The van der Waals surface area contributed by atoms with Gasteiger partial charge in [0.15, 0.2) is 0 Å². The van der Waals surface area contributed by atoms with Crippen LogP contribution in [-0.2, 0) is 15.8 Å². The van der Waals surface area contributed by atoms with E-state index in [1.54, 1.807) is 31.4 Å². The summed E-state index contributed by atoms with van der Waals surface area (Å²) in [5, 5.41) is 6.11. The van der Waals surface area contributed by atoms with Gasteiger partial charge in [-0.1, -0.05) is 6.07 Å². The van der Waals surface area contributed by atoms with Crippen molar-refractivity contribution in [2.24, 2.45) is 5.10 Å². The minimum atomic E-state index is -4.50. The number of hydrogen-bond acceptors (Lipinski definition) is 4. The fourth-order valence-corrected chi connectivity index (χ4v) is 2.15. The molecule has 0 aliphatic heterocycles. The van der Waals surface area contributed by atoms with Gasteiger partial charge in [0.05, 0.1) is 18.9 Å². The first-order valence-corrected chi connectivity index (χ1v) is 8.21. The Morgan fingerprint density at radius 1 is 1.07 bits per heavy atom. The lowest BCUT2D eigenvalue weighted by Gasteiger charge is -2.09. The first-order valence-electron chi connectivity index (χ1n) is 8.21. The van der Waals surface area contributed by atoms with E-state index in [1.807, 2.05) is 0 Å². The molecule has 0 aromatic heterocycles. The van der Waals surface area contributed by atoms with Gasteiger partial charge in [0.25, 0.3) is 0 Å². The minimum absolute atomic E-state index is 0.0118. The maximum atomic E-state index is 12.7. The number of amides is 2. The van der Waals surface area contributed by atoms with Crippen molar-refractivity contribution in [3.63, 3.8) is 0 Å². The number of methoxy groups -OCH3 is 1. The summed E-state index contributed by atoms with van der Waals surface area (Å²) >= 11 is 0. The monoisotopic (exact) mass is 393 g/mol. The zero-order valence-corrected chi connectivity index (χ0v) is 14.9. The molecule has 2 N–H and O–H groups in total. The highest BCUT2D eigenvalue weighted by molar-refractivity contribution is 5.93. The average Bonchev–Trinajstić information content (AvgIpc) is 2.66. The van der Waals surface area contributed by atoms with Crippen molar-refractivity contribution >= 4 is 23.7 Å². The van der Waals surface area contributed by atoms with Crippen LogP contribution < -0.4 is 15.5 Å². The number of carbonyl (C=O) groups excluding carboxylic acids is 2. The van der Waals surface area contributed by atoms with Gasteiger partial charge in [-0.15, -0.1) is 0 Å². The predicted molar refractivity (Wildman–Crippen MR) is 98.0 cm³/mol. The highest BCUT2D eigenvalue weighted by atomic mass is 19.4. The minimum Gasteiger partial charge on any atom is -0.497 e. The van der Waals surface area contributed by atoms with E-state index in [2.05, 4.69) is 15.8 Å². The van der Waals surface area contributed by atoms with Crippen LogP contribution in [-0.4, -0.2) is 25.1 Å². The maximum absolute atomic E-state index is 12.7. The second kappa shape index (κ2) is 9.54. The Hall–Kier alpha value is -3.36. The molecule has 0 aliphatic rings. The van der Waals surface area contributed by atoms with Crippen molar-refractivity contribution in [2.75, 3.05) is 12.4 Å². The first kappa shape index (κ1) is 20.9. The van der Waals surface area contributed by atoms with Gasteiger partial charge < -0.3 is 10.1 Å². The zero-order valence-electron chi connectivity index (χ0n) is 14.9. The Labute approximate surface area is 159 Å². The second-order valence-corrected chi connectivity index (χ2v) is 5.69. The quantitative estimate of drug-likeness (QED) is 0.557. The van der Waals surface area contributed by atoms with Crippen LogP contribution in [0.5, 0.6) is 5.75 Å². The summed E-state index contributed by atoms with van der Waals surface area (Å²) in [5.74, 6) is -0.384. The molecule has 0 spiro atoms. The molecule has 0 radical (unpaired) electrons. The lowest BCUT2D eigenvalue weighted by molar-refractivity contribution is -0.137. The Morgan fingerprint density at radius 3 is 2.39 bits per heavy atom. The number of hydrazone groups is 1. The van der Waals surface area contributed by atoms with Crippen molar-refractivity contribution in [3.05, 3.63) is 59.7 Å². The molecule has 2 rings (SSSR count). The molecule has 0 saturated heterocycles. The molecule has 0 bridgehead atoms. The molecule has 2 amide bonds. The SMILES string of the molecule is COc1ccc(C=NNC(=O)CCC(=O)Nc2cccc(C(F)(F)F)c2)cc1. The largest absolute Gasteiger partial charge is 0.497 e. The van der Waals surface area contributed by atoms with E-state index in [-0.39, 0.29) is 18.5 Å². The van der Waals surface area contributed by atoms with E-state index in [4.69, 9.17) is 4.74 Å². The summed E-state index contributed by atoms with van der Waals surface area (Å²) in [5.41, 5.74) is 2.16. The van der Waals surface area contributed by atoms with Crippen molar-refractivity contribution in [1.82, 2.24) is 5.43 Å². The second-order valence-electron chi connectivity index (χ2n) is 5.69. The van der Waals surface area contributed by atoms with Crippen molar-refractivity contribution < 1.29 is 27.5 Å². The average molecular weight is 393 g/mol. The molecule has 6 nitrogen and oxygen atoms in total. The molecule has 9 heteroatoms. The summed E-state index contributed by atoms with van der Waals surface area (Å²) in [6.45, 7) is 0. The predicted octanol–water partition coefficient (Wildman–Crippen LogP) is 3.58. The molecule has 0 saturated carbocycles. The molecule has 0 aliphatic carbocycles. The Kier molecular flexibility index (Phi) is 7.14. The molecule has 148 valence electrons. The Bertz CT molecular complexity index is 849. The van der Waals surface area contributed by atoms with E-state index < -0.39 is 23.6 Å². The highest BCUT2D eigenvalue weighted by Gasteiger charge is 2.30. The standard InChI is InChI=1S/C19H18F3N3O3/c1-28-16-7-5-13(6-8-16)12-23-25-18(27)10-9-17(26)24-15-4-2-3-14(11-15)19(20,21)22/h2-8,11-12H,9-10H2,1H3,(H,24,26)(H,25,27). The van der Waals surface area contributed by atoms with Gasteiger partial charge in [0.1, 0.15) is 5.75 Å². The molecule has 0 unspecified atom stereocenters. The summed E-state index contributed by atoms with van der Waals surface area (Å²) in [7, 11) is 1.55. The van der Waals surface area contributed by atoms with Crippen LogP contribution in [0.4, 0.5) is 18.9 Å². The van der Waals surface area contributed by atoms with E-state index in [0.717, 1.165) is 17.7 Å². The summed E-state index contributed by atoms with van der Waals surface area (Å²) < 4.78 is 43.0. The smallest absolute Gasteiger partial charge is 0.416 e. The molecule has 28 heavy (non-hydrogen) atoms. The number of rotatable bonds is 7. The Balaban J connectivity index is 1.77. The van der Waals surface area contributed by atoms with Crippen molar-refractivity contribution in [2.45, 2.75) is 19.0 Å². The van der Waals surface area contributed by atoms with E-state index in [1.165, 1.54) is 18.3 Å².